The standard InChI is InChI=1S/C16H13BrCl2O2/c17-16(12-9-11(18)3-4-13(12)19)10-2-5-14-15(8-10)21-7-1-6-20-14/h2-5,8-9,16H,1,6-7H2. The Morgan fingerprint density at radius 1 is 0.952 bits per heavy atom. The van der Waals surface area contributed by atoms with Crippen molar-refractivity contribution in [1.29, 1.82) is 0 Å². The third-order valence-electron chi connectivity index (χ3n) is 3.30. The van der Waals surface area contributed by atoms with Crippen molar-refractivity contribution in [1.82, 2.24) is 0 Å². The van der Waals surface area contributed by atoms with Crippen molar-refractivity contribution < 1.29 is 9.47 Å². The van der Waals surface area contributed by atoms with E-state index in [-0.39, 0.29) is 4.83 Å². The molecule has 0 spiro atoms. The summed E-state index contributed by atoms with van der Waals surface area (Å²) in [5.74, 6) is 1.56. The summed E-state index contributed by atoms with van der Waals surface area (Å²) in [5, 5.41) is 1.33. The van der Waals surface area contributed by atoms with Gasteiger partial charge in [0.2, 0.25) is 0 Å². The first-order valence-electron chi connectivity index (χ1n) is 6.64. The lowest BCUT2D eigenvalue weighted by Gasteiger charge is -2.15. The smallest absolute Gasteiger partial charge is 0.161 e. The lowest BCUT2D eigenvalue weighted by Crippen LogP contribution is -1.98. The molecule has 110 valence electrons. The van der Waals surface area contributed by atoms with Crippen LogP contribution in [0.15, 0.2) is 36.4 Å². The van der Waals surface area contributed by atoms with Crippen molar-refractivity contribution in [3.05, 3.63) is 57.6 Å². The van der Waals surface area contributed by atoms with Crippen LogP contribution in [-0.4, -0.2) is 13.2 Å². The Labute approximate surface area is 142 Å². The van der Waals surface area contributed by atoms with Crippen molar-refractivity contribution in [3.63, 3.8) is 0 Å². The second kappa shape index (κ2) is 6.47. The van der Waals surface area contributed by atoms with Gasteiger partial charge in [-0.25, -0.2) is 0 Å². The van der Waals surface area contributed by atoms with Gasteiger partial charge in [-0.1, -0.05) is 45.2 Å². The summed E-state index contributed by atoms with van der Waals surface area (Å²) in [6.45, 7) is 1.35. The summed E-state index contributed by atoms with van der Waals surface area (Å²) in [4.78, 5) is -0.0548. The first-order valence-corrected chi connectivity index (χ1v) is 8.31. The molecular formula is C16H13BrCl2O2. The van der Waals surface area contributed by atoms with E-state index in [0.29, 0.717) is 23.3 Å². The number of halogens is 3. The molecule has 0 radical (unpaired) electrons. The molecule has 1 atom stereocenters. The maximum absolute atomic E-state index is 6.27. The summed E-state index contributed by atoms with van der Waals surface area (Å²) in [6, 6.07) is 11.4. The molecule has 0 N–H and O–H groups in total. The van der Waals surface area contributed by atoms with Gasteiger partial charge in [0.25, 0.3) is 0 Å². The molecule has 1 aliphatic heterocycles. The van der Waals surface area contributed by atoms with Gasteiger partial charge in [-0.15, -0.1) is 0 Å². The van der Waals surface area contributed by atoms with Crippen LogP contribution in [0.25, 0.3) is 0 Å². The molecular weight excluding hydrogens is 375 g/mol. The van der Waals surface area contributed by atoms with Gasteiger partial charge in [-0.3, -0.25) is 0 Å². The Hall–Kier alpha value is -0.900. The first-order chi connectivity index (χ1) is 10.1. The topological polar surface area (TPSA) is 18.5 Å². The maximum Gasteiger partial charge on any atom is 0.161 e. The van der Waals surface area contributed by atoms with Crippen molar-refractivity contribution in [2.45, 2.75) is 11.2 Å². The molecule has 1 heterocycles. The molecule has 21 heavy (non-hydrogen) atoms. The van der Waals surface area contributed by atoms with Crippen LogP contribution in [0.4, 0.5) is 0 Å². The van der Waals surface area contributed by atoms with Gasteiger partial charge < -0.3 is 9.47 Å². The summed E-state index contributed by atoms with van der Waals surface area (Å²) < 4.78 is 11.4. The van der Waals surface area contributed by atoms with E-state index in [9.17, 15) is 0 Å². The molecule has 0 amide bonds. The highest BCUT2D eigenvalue weighted by atomic mass is 79.9. The number of hydrogen-bond acceptors (Lipinski definition) is 2. The second-order valence-electron chi connectivity index (χ2n) is 4.79. The molecule has 0 aromatic heterocycles. The van der Waals surface area contributed by atoms with Gasteiger partial charge in [0.15, 0.2) is 11.5 Å². The normalized spacial score (nSPS) is 15.4. The van der Waals surface area contributed by atoms with Gasteiger partial charge in [0.1, 0.15) is 0 Å². The number of fused-ring (bicyclic) bond motifs is 1. The van der Waals surface area contributed by atoms with E-state index in [1.54, 1.807) is 12.1 Å². The van der Waals surface area contributed by atoms with Gasteiger partial charge in [-0.2, -0.15) is 0 Å². The van der Waals surface area contributed by atoms with Crippen molar-refractivity contribution >= 4 is 39.1 Å². The Kier molecular flexibility index (Phi) is 4.63. The third kappa shape index (κ3) is 3.31. The molecule has 0 aliphatic carbocycles. The number of ether oxygens (including phenoxy) is 2. The second-order valence-corrected chi connectivity index (χ2v) is 6.54. The predicted molar refractivity (Wildman–Crippen MR) is 89.3 cm³/mol. The van der Waals surface area contributed by atoms with Crippen LogP contribution in [0, 0.1) is 0 Å². The van der Waals surface area contributed by atoms with Crippen molar-refractivity contribution in [2.24, 2.45) is 0 Å². The fourth-order valence-electron chi connectivity index (χ4n) is 2.23. The van der Waals surface area contributed by atoms with E-state index in [2.05, 4.69) is 15.9 Å². The zero-order valence-corrected chi connectivity index (χ0v) is 14.2. The van der Waals surface area contributed by atoms with Crippen LogP contribution >= 0.6 is 39.1 Å². The van der Waals surface area contributed by atoms with Crippen LogP contribution in [0.2, 0.25) is 10.0 Å². The first kappa shape index (κ1) is 15.0. The fraction of sp³-hybridized carbons (Fsp3) is 0.250. The zero-order valence-electron chi connectivity index (χ0n) is 11.1. The number of alkyl halides is 1. The molecule has 5 heteroatoms. The van der Waals surface area contributed by atoms with Crippen LogP contribution in [-0.2, 0) is 0 Å². The Balaban J connectivity index is 1.96. The monoisotopic (exact) mass is 386 g/mol. The van der Waals surface area contributed by atoms with E-state index < -0.39 is 0 Å². The minimum Gasteiger partial charge on any atom is -0.490 e. The molecule has 3 rings (SSSR count). The van der Waals surface area contributed by atoms with Crippen molar-refractivity contribution in [2.75, 3.05) is 13.2 Å². The molecule has 2 aromatic carbocycles. The Morgan fingerprint density at radius 3 is 2.52 bits per heavy atom. The summed E-state index contributed by atoms with van der Waals surface area (Å²) in [7, 11) is 0. The fourth-order valence-corrected chi connectivity index (χ4v) is 3.43. The number of benzene rings is 2. The molecule has 0 saturated heterocycles. The van der Waals surface area contributed by atoms with Crippen LogP contribution in [0.1, 0.15) is 22.4 Å². The molecule has 0 saturated carbocycles. The Morgan fingerprint density at radius 2 is 1.71 bits per heavy atom. The van der Waals surface area contributed by atoms with E-state index in [0.717, 1.165) is 29.0 Å². The maximum atomic E-state index is 6.27. The largest absolute Gasteiger partial charge is 0.490 e. The molecule has 1 unspecified atom stereocenters. The SMILES string of the molecule is Clc1ccc(Cl)c(C(Br)c2ccc3c(c2)OCCCO3)c1. The molecule has 1 aliphatic rings. The van der Waals surface area contributed by atoms with Gasteiger partial charge >= 0.3 is 0 Å². The summed E-state index contributed by atoms with van der Waals surface area (Å²) in [5.41, 5.74) is 1.97. The van der Waals surface area contributed by atoms with Crippen molar-refractivity contribution in [3.8, 4) is 11.5 Å². The van der Waals surface area contributed by atoms with Crippen LogP contribution in [0.5, 0.6) is 11.5 Å². The zero-order chi connectivity index (χ0) is 14.8. The number of hydrogen-bond donors (Lipinski definition) is 0. The van der Waals surface area contributed by atoms with E-state index in [1.807, 2.05) is 24.3 Å². The minimum atomic E-state index is -0.0548. The Bertz CT molecular complexity index is 661. The molecule has 2 aromatic rings. The quantitative estimate of drug-likeness (QED) is 0.621. The highest BCUT2D eigenvalue weighted by molar-refractivity contribution is 9.09. The van der Waals surface area contributed by atoms with Gasteiger partial charge in [0, 0.05) is 16.5 Å². The van der Waals surface area contributed by atoms with Crippen LogP contribution < -0.4 is 9.47 Å². The lowest BCUT2D eigenvalue weighted by atomic mass is 10.0. The highest BCUT2D eigenvalue weighted by Gasteiger charge is 2.18. The molecule has 0 bridgehead atoms. The van der Waals surface area contributed by atoms with Crippen LogP contribution in [0.3, 0.4) is 0 Å². The van der Waals surface area contributed by atoms with Gasteiger partial charge in [-0.05, 0) is 41.5 Å². The summed E-state index contributed by atoms with van der Waals surface area (Å²) >= 11 is 16.0. The van der Waals surface area contributed by atoms with E-state index in [1.165, 1.54) is 0 Å². The van der Waals surface area contributed by atoms with Gasteiger partial charge in [0.05, 0.1) is 18.0 Å². The molecule has 0 fully saturated rings. The van der Waals surface area contributed by atoms with E-state index in [4.69, 9.17) is 32.7 Å². The average molecular weight is 388 g/mol. The number of rotatable bonds is 2. The predicted octanol–water partition coefficient (Wildman–Crippen LogP) is 5.64. The average Bonchev–Trinajstić information content (AvgIpc) is 2.73. The van der Waals surface area contributed by atoms with E-state index >= 15 is 0 Å². The minimum absolute atomic E-state index is 0.0548. The summed E-state index contributed by atoms with van der Waals surface area (Å²) in [6.07, 6.45) is 0.891. The third-order valence-corrected chi connectivity index (χ3v) is 4.90. The highest BCUT2D eigenvalue weighted by Crippen LogP contribution is 2.40. The molecule has 2 nitrogen and oxygen atoms in total. The lowest BCUT2D eigenvalue weighted by molar-refractivity contribution is 0.297.